The number of tetrazole rings is 1. The number of benzene rings is 2. The van der Waals surface area contributed by atoms with E-state index in [9.17, 15) is 9.59 Å². The molecule has 4 rings (SSSR count). The molecule has 0 aliphatic heterocycles. The molecule has 0 saturated carbocycles. The average molecular weight is 443 g/mol. The number of Topliss-reactive ketones (excluding diaryl/α,β-unsaturated/α-hetero) is 1. The van der Waals surface area contributed by atoms with Gasteiger partial charge < -0.3 is 4.42 Å². The molecule has 0 atom stereocenters. The van der Waals surface area contributed by atoms with Crippen LogP contribution in [0.25, 0.3) is 16.7 Å². The number of ketones is 1. The van der Waals surface area contributed by atoms with E-state index in [0.29, 0.717) is 16.1 Å². The van der Waals surface area contributed by atoms with Gasteiger partial charge in [0.05, 0.1) is 11.4 Å². The Morgan fingerprint density at radius 2 is 1.93 bits per heavy atom. The standard InChI is InChI=1S/C18H11BrN4O3S/c19-12-5-7-13(8-6-12)23-18(20-21-22-23)27-10-15(24)14-9-11-3-1-2-4-16(11)26-17(14)25/h1-9H,10H2. The lowest BCUT2D eigenvalue weighted by Gasteiger charge is -2.04. The van der Waals surface area contributed by atoms with Crippen LogP contribution in [-0.2, 0) is 0 Å². The van der Waals surface area contributed by atoms with Crippen LogP contribution in [-0.4, -0.2) is 31.7 Å². The second-order valence-electron chi connectivity index (χ2n) is 5.55. The summed E-state index contributed by atoms with van der Waals surface area (Å²) >= 11 is 4.53. The number of fused-ring (bicyclic) bond motifs is 1. The van der Waals surface area contributed by atoms with E-state index in [1.54, 1.807) is 24.3 Å². The Balaban J connectivity index is 1.55. The van der Waals surface area contributed by atoms with Gasteiger partial charge in [-0.15, -0.1) is 5.10 Å². The summed E-state index contributed by atoms with van der Waals surface area (Å²) in [6.45, 7) is 0. The smallest absolute Gasteiger partial charge is 0.347 e. The summed E-state index contributed by atoms with van der Waals surface area (Å²) in [7, 11) is 0. The second-order valence-corrected chi connectivity index (χ2v) is 7.41. The van der Waals surface area contributed by atoms with Crippen molar-refractivity contribution in [3.63, 3.8) is 0 Å². The van der Waals surface area contributed by atoms with Gasteiger partial charge in [-0.1, -0.05) is 45.9 Å². The highest BCUT2D eigenvalue weighted by molar-refractivity contribution is 9.10. The van der Waals surface area contributed by atoms with Gasteiger partial charge >= 0.3 is 5.63 Å². The van der Waals surface area contributed by atoms with Crippen molar-refractivity contribution in [2.75, 3.05) is 5.75 Å². The zero-order chi connectivity index (χ0) is 18.8. The van der Waals surface area contributed by atoms with Gasteiger partial charge in [0, 0.05) is 9.86 Å². The summed E-state index contributed by atoms with van der Waals surface area (Å²) in [6.07, 6.45) is 0. The molecule has 9 heteroatoms. The number of carbonyl (C=O) groups is 1. The summed E-state index contributed by atoms with van der Waals surface area (Å²) in [4.78, 5) is 24.6. The fraction of sp³-hybridized carbons (Fsp3) is 0.0556. The summed E-state index contributed by atoms with van der Waals surface area (Å²) in [5.74, 6) is -0.329. The number of aromatic nitrogens is 4. The third-order valence-electron chi connectivity index (χ3n) is 3.79. The molecule has 4 aromatic rings. The molecule has 0 bridgehead atoms. The predicted molar refractivity (Wildman–Crippen MR) is 104 cm³/mol. The summed E-state index contributed by atoms with van der Waals surface area (Å²) in [5, 5.41) is 12.7. The lowest BCUT2D eigenvalue weighted by molar-refractivity contribution is 0.101. The third-order valence-corrected chi connectivity index (χ3v) is 5.23. The van der Waals surface area contributed by atoms with Crippen LogP contribution in [0, 0.1) is 0 Å². The van der Waals surface area contributed by atoms with E-state index in [2.05, 4.69) is 31.5 Å². The van der Waals surface area contributed by atoms with Crippen LogP contribution < -0.4 is 5.63 Å². The second kappa shape index (κ2) is 7.45. The van der Waals surface area contributed by atoms with E-state index in [1.165, 1.54) is 4.68 Å². The molecule has 0 aliphatic carbocycles. The number of rotatable bonds is 5. The zero-order valence-corrected chi connectivity index (χ0v) is 16.1. The fourth-order valence-electron chi connectivity index (χ4n) is 2.48. The molecule has 0 spiro atoms. The summed E-state index contributed by atoms with van der Waals surface area (Å²) in [6, 6.07) is 16.1. The predicted octanol–water partition coefficient (Wildman–Crippen LogP) is 3.51. The SMILES string of the molecule is O=C(CSc1nnnn1-c1ccc(Br)cc1)c1cc2ccccc2oc1=O. The van der Waals surface area contributed by atoms with Crippen molar-refractivity contribution in [3.8, 4) is 5.69 Å². The molecule has 0 aliphatic rings. The summed E-state index contributed by atoms with van der Waals surface area (Å²) < 4.78 is 7.69. The van der Waals surface area contributed by atoms with Crippen molar-refractivity contribution in [2.45, 2.75) is 5.16 Å². The first-order chi connectivity index (χ1) is 13.1. The van der Waals surface area contributed by atoms with Crippen molar-refractivity contribution < 1.29 is 9.21 Å². The topological polar surface area (TPSA) is 90.9 Å². The number of thioether (sulfide) groups is 1. The lowest BCUT2D eigenvalue weighted by Crippen LogP contribution is -2.15. The minimum atomic E-state index is -0.646. The van der Waals surface area contributed by atoms with Crippen molar-refractivity contribution in [2.24, 2.45) is 0 Å². The van der Waals surface area contributed by atoms with Crippen LogP contribution in [0.4, 0.5) is 0 Å². The van der Waals surface area contributed by atoms with Gasteiger partial charge in [0.1, 0.15) is 11.1 Å². The summed E-state index contributed by atoms with van der Waals surface area (Å²) in [5.41, 5.74) is 0.588. The Hall–Kier alpha value is -2.78. The zero-order valence-electron chi connectivity index (χ0n) is 13.7. The number of carbonyl (C=O) groups excluding carboxylic acids is 1. The van der Waals surface area contributed by atoms with Crippen LogP contribution >= 0.6 is 27.7 Å². The Bertz CT molecular complexity index is 1190. The Labute approximate surface area is 165 Å². The largest absolute Gasteiger partial charge is 0.422 e. The van der Waals surface area contributed by atoms with Crippen molar-refractivity contribution in [3.05, 3.63) is 75.1 Å². The Morgan fingerprint density at radius 1 is 1.15 bits per heavy atom. The highest BCUT2D eigenvalue weighted by Crippen LogP contribution is 2.21. The van der Waals surface area contributed by atoms with Gasteiger partial charge in [0.15, 0.2) is 5.78 Å². The van der Waals surface area contributed by atoms with Crippen LogP contribution in [0.5, 0.6) is 0 Å². The van der Waals surface area contributed by atoms with E-state index in [-0.39, 0.29) is 17.1 Å². The van der Waals surface area contributed by atoms with Crippen LogP contribution in [0.15, 0.2) is 73.4 Å². The van der Waals surface area contributed by atoms with Crippen molar-refractivity contribution in [1.29, 1.82) is 0 Å². The monoisotopic (exact) mass is 442 g/mol. The number of para-hydroxylation sites is 1. The number of hydrogen-bond acceptors (Lipinski definition) is 7. The van der Waals surface area contributed by atoms with Crippen LogP contribution in [0.1, 0.15) is 10.4 Å². The first-order valence-corrected chi connectivity index (χ1v) is 9.63. The molecule has 2 aromatic carbocycles. The molecule has 0 amide bonds. The molecule has 0 fully saturated rings. The molecule has 0 N–H and O–H groups in total. The molecule has 0 radical (unpaired) electrons. The molecule has 0 saturated heterocycles. The molecular weight excluding hydrogens is 432 g/mol. The fourth-order valence-corrected chi connectivity index (χ4v) is 3.52. The van der Waals surface area contributed by atoms with E-state index in [0.717, 1.165) is 21.9 Å². The molecular formula is C18H11BrN4O3S. The van der Waals surface area contributed by atoms with Gasteiger partial charge in [-0.3, -0.25) is 4.79 Å². The van der Waals surface area contributed by atoms with Crippen molar-refractivity contribution >= 4 is 44.4 Å². The Kier molecular flexibility index (Phi) is 4.87. The minimum Gasteiger partial charge on any atom is -0.422 e. The van der Waals surface area contributed by atoms with Gasteiger partial charge in [-0.25, -0.2) is 4.79 Å². The molecule has 2 heterocycles. The minimum absolute atomic E-state index is 0.0139. The van der Waals surface area contributed by atoms with Gasteiger partial charge in [0.2, 0.25) is 5.16 Å². The van der Waals surface area contributed by atoms with Crippen LogP contribution in [0.2, 0.25) is 0 Å². The maximum absolute atomic E-state index is 12.5. The first-order valence-electron chi connectivity index (χ1n) is 7.85. The quantitative estimate of drug-likeness (QED) is 0.265. The molecule has 2 aromatic heterocycles. The molecule has 7 nitrogen and oxygen atoms in total. The Morgan fingerprint density at radius 3 is 2.74 bits per heavy atom. The number of halogens is 1. The van der Waals surface area contributed by atoms with Gasteiger partial charge in [0.25, 0.3) is 0 Å². The normalized spacial score (nSPS) is 11.0. The molecule has 0 unspecified atom stereocenters. The van der Waals surface area contributed by atoms with Gasteiger partial charge in [-0.05, 0) is 46.8 Å². The number of nitrogens with zero attached hydrogens (tertiary/aromatic N) is 4. The maximum Gasteiger partial charge on any atom is 0.347 e. The van der Waals surface area contributed by atoms with E-state index >= 15 is 0 Å². The van der Waals surface area contributed by atoms with E-state index in [4.69, 9.17) is 4.42 Å². The maximum atomic E-state index is 12.5. The average Bonchev–Trinajstić information content (AvgIpc) is 3.14. The van der Waals surface area contributed by atoms with E-state index in [1.807, 2.05) is 30.3 Å². The number of hydrogen-bond donors (Lipinski definition) is 0. The highest BCUT2D eigenvalue weighted by Gasteiger charge is 2.17. The third kappa shape index (κ3) is 3.69. The molecule has 134 valence electrons. The highest BCUT2D eigenvalue weighted by atomic mass is 79.9. The van der Waals surface area contributed by atoms with Gasteiger partial charge in [-0.2, -0.15) is 4.68 Å². The van der Waals surface area contributed by atoms with Crippen LogP contribution in [0.3, 0.4) is 0 Å². The first kappa shape index (κ1) is 17.6. The van der Waals surface area contributed by atoms with Crippen molar-refractivity contribution in [1.82, 2.24) is 20.2 Å². The molecule has 27 heavy (non-hydrogen) atoms. The lowest BCUT2D eigenvalue weighted by atomic mass is 10.1. The van der Waals surface area contributed by atoms with E-state index < -0.39 is 5.63 Å².